The van der Waals surface area contributed by atoms with Crippen molar-refractivity contribution < 1.29 is 4.74 Å². The van der Waals surface area contributed by atoms with Crippen molar-refractivity contribution in [2.45, 2.75) is 6.54 Å². The van der Waals surface area contributed by atoms with Crippen LogP contribution in [0, 0.1) is 0 Å². The van der Waals surface area contributed by atoms with Gasteiger partial charge in [-0.3, -0.25) is 9.36 Å². The molecule has 0 spiro atoms. The van der Waals surface area contributed by atoms with Gasteiger partial charge in [0.2, 0.25) is 0 Å². The van der Waals surface area contributed by atoms with Crippen LogP contribution >= 0.6 is 0 Å². The van der Waals surface area contributed by atoms with Gasteiger partial charge in [0, 0.05) is 7.11 Å². The molecule has 2 aromatic rings. The molecule has 5 nitrogen and oxygen atoms in total. The first-order valence-corrected chi connectivity index (χ1v) is 4.95. The molecule has 0 aliphatic heterocycles. The third-order valence-electron chi connectivity index (χ3n) is 2.41. The lowest BCUT2D eigenvalue weighted by Gasteiger charge is -2.04. The van der Waals surface area contributed by atoms with Crippen molar-refractivity contribution in [1.82, 2.24) is 9.55 Å². The Morgan fingerprint density at radius 2 is 2.06 bits per heavy atom. The smallest absolute Gasteiger partial charge is 0.328 e. The van der Waals surface area contributed by atoms with Crippen molar-refractivity contribution in [2.24, 2.45) is 0 Å². The van der Waals surface area contributed by atoms with Crippen LogP contribution in [0.1, 0.15) is 0 Å². The molecule has 1 N–H and O–H groups in total. The zero-order chi connectivity index (χ0) is 11.5. The first-order chi connectivity index (χ1) is 7.74. The van der Waals surface area contributed by atoms with Gasteiger partial charge in [0.25, 0.3) is 5.56 Å². The van der Waals surface area contributed by atoms with E-state index in [0.717, 1.165) is 4.57 Å². The van der Waals surface area contributed by atoms with E-state index >= 15 is 0 Å². The minimum absolute atomic E-state index is 0.259. The summed E-state index contributed by atoms with van der Waals surface area (Å²) in [5.41, 5.74) is -0.122. The van der Waals surface area contributed by atoms with Gasteiger partial charge >= 0.3 is 5.69 Å². The number of methoxy groups -OCH3 is 1. The van der Waals surface area contributed by atoms with Crippen LogP contribution in [0.5, 0.6) is 0 Å². The average Bonchev–Trinajstić information content (AvgIpc) is 2.29. The van der Waals surface area contributed by atoms with Crippen LogP contribution in [-0.4, -0.2) is 23.3 Å². The molecule has 2 rings (SSSR count). The topological polar surface area (TPSA) is 64.1 Å². The van der Waals surface area contributed by atoms with Crippen LogP contribution in [0.3, 0.4) is 0 Å². The summed E-state index contributed by atoms with van der Waals surface area (Å²) in [5.74, 6) is 0. The van der Waals surface area contributed by atoms with E-state index in [1.165, 1.54) is 7.11 Å². The van der Waals surface area contributed by atoms with Crippen LogP contribution in [0.15, 0.2) is 33.9 Å². The van der Waals surface area contributed by atoms with E-state index < -0.39 is 5.69 Å². The van der Waals surface area contributed by atoms with Gasteiger partial charge in [-0.2, -0.15) is 0 Å². The summed E-state index contributed by atoms with van der Waals surface area (Å²) in [5, 5.41) is 0.512. The maximum Gasteiger partial charge on any atom is 0.328 e. The zero-order valence-electron chi connectivity index (χ0n) is 8.90. The summed E-state index contributed by atoms with van der Waals surface area (Å²) in [6, 6.07) is 6.94. The second-order valence-electron chi connectivity index (χ2n) is 3.43. The van der Waals surface area contributed by atoms with E-state index in [4.69, 9.17) is 4.74 Å². The van der Waals surface area contributed by atoms with Crippen LogP contribution < -0.4 is 11.2 Å². The van der Waals surface area contributed by atoms with Gasteiger partial charge in [0.15, 0.2) is 0 Å². The molecule has 1 aromatic carbocycles. The molecule has 0 fully saturated rings. The van der Waals surface area contributed by atoms with E-state index in [-0.39, 0.29) is 12.1 Å². The molecule has 5 heteroatoms. The van der Waals surface area contributed by atoms with Crippen molar-refractivity contribution >= 4 is 10.9 Å². The van der Waals surface area contributed by atoms with E-state index in [1.807, 2.05) is 0 Å². The monoisotopic (exact) mass is 220 g/mol. The Hall–Kier alpha value is -1.88. The highest BCUT2D eigenvalue weighted by Gasteiger charge is 2.05. The Labute approximate surface area is 91.3 Å². The highest BCUT2D eigenvalue weighted by atomic mass is 16.5. The van der Waals surface area contributed by atoms with Gasteiger partial charge in [-0.25, -0.2) is 4.79 Å². The predicted molar refractivity (Wildman–Crippen MR) is 60.7 cm³/mol. The summed E-state index contributed by atoms with van der Waals surface area (Å²) in [4.78, 5) is 26.2. The van der Waals surface area contributed by atoms with E-state index in [1.54, 1.807) is 24.3 Å². The Morgan fingerprint density at radius 3 is 2.81 bits per heavy atom. The number of hydrogen-bond donors (Lipinski definition) is 1. The van der Waals surface area contributed by atoms with Crippen molar-refractivity contribution in [1.29, 1.82) is 0 Å². The van der Waals surface area contributed by atoms with Gasteiger partial charge in [-0.1, -0.05) is 12.1 Å². The molecule has 0 saturated carbocycles. The highest BCUT2D eigenvalue weighted by molar-refractivity contribution is 5.76. The zero-order valence-corrected chi connectivity index (χ0v) is 8.90. The summed E-state index contributed by atoms with van der Waals surface area (Å²) >= 11 is 0. The van der Waals surface area contributed by atoms with Crippen LogP contribution in [0.2, 0.25) is 0 Å². The van der Waals surface area contributed by atoms with Gasteiger partial charge in [-0.05, 0) is 12.1 Å². The van der Waals surface area contributed by atoms with E-state index in [9.17, 15) is 9.59 Å². The molecule has 16 heavy (non-hydrogen) atoms. The summed E-state index contributed by atoms with van der Waals surface area (Å²) in [6.45, 7) is 0.594. The molecule has 1 heterocycles. The normalized spacial score (nSPS) is 10.8. The number of para-hydroxylation sites is 1. The Kier molecular flexibility index (Phi) is 2.87. The molecule has 0 saturated heterocycles. The molecule has 0 bridgehead atoms. The molecule has 0 atom stereocenters. The fraction of sp³-hybridized carbons (Fsp3) is 0.273. The molecule has 1 aromatic heterocycles. The number of H-pyrrole nitrogens is 1. The number of hydrogen-bond acceptors (Lipinski definition) is 3. The molecular weight excluding hydrogens is 208 g/mol. The molecule has 0 amide bonds. The molecular formula is C11H12N2O3. The fourth-order valence-electron chi connectivity index (χ4n) is 1.58. The summed E-state index contributed by atoms with van der Waals surface area (Å²) in [6.07, 6.45) is 0. The molecule has 0 unspecified atom stereocenters. The lowest BCUT2D eigenvalue weighted by Crippen LogP contribution is -2.36. The standard InChI is InChI=1S/C11H12N2O3/c1-16-7-6-13-10(14)8-4-2-3-5-9(8)12-11(13)15/h2-5H,6-7H2,1H3,(H,12,15). The van der Waals surface area contributed by atoms with Crippen LogP contribution in [0.25, 0.3) is 10.9 Å². The number of rotatable bonds is 3. The average molecular weight is 220 g/mol. The number of ether oxygens (including phenoxy) is 1. The number of nitrogens with one attached hydrogen (secondary N) is 1. The first-order valence-electron chi connectivity index (χ1n) is 4.95. The quantitative estimate of drug-likeness (QED) is 0.811. The van der Waals surface area contributed by atoms with Crippen LogP contribution in [0.4, 0.5) is 0 Å². The lowest BCUT2D eigenvalue weighted by molar-refractivity contribution is 0.185. The lowest BCUT2D eigenvalue weighted by atomic mass is 10.2. The number of benzene rings is 1. The first kappa shape index (κ1) is 10.6. The van der Waals surface area contributed by atoms with Crippen molar-refractivity contribution in [3.63, 3.8) is 0 Å². The predicted octanol–water partition coefficient (Wildman–Crippen LogP) is 0.336. The van der Waals surface area contributed by atoms with E-state index in [2.05, 4.69) is 4.98 Å². The SMILES string of the molecule is COCCn1c(=O)[nH]c2ccccc2c1=O. The molecule has 0 radical (unpaired) electrons. The molecule has 0 aliphatic rings. The highest BCUT2D eigenvalue weighted by Crippen LogP contribution is 2.02. The number of aromatic amines is 1. The molecule has 84 valence electrons. The van der Waals surface area contributed by atoms with Crippen molar-refractivity contribution in [3.8, 4) is 0 Å². The number of nitrogens with zero attached hydrogens (tertiary/aromatic N) is 1. The van der Waals surface area contributed by atoms with Gasteiger partial charge < -0.3 is 9.72 Å². The van der Waals surface area contributed by atoms with Crippen LogP contribution in [-0.2, 0) is 11.3 Å². The Balaban J connectivity index is 2.66. The third-order valence-corrected chi connectivity index (χ3v) is 2.41. The van der Waals surface area contributed by atoms with E-state index in [0.29, 0.717) is 17.5 Å². The third kappa shape index (κ3) is 1.77. The Morgan fingerprint density at radius 1 is 1.31 bits per heavy atom. The summed E-state index contributed by atoms with van der Waals surface area (Å²) in [7, 11) is 1.53. The van der Waals surface area contributed by atoms with Crippen molar-refractivity contribution in [2.75, 3.05) is 13.7 Å². The Bertz CT molecular complexity index is 612. The largest absolute Gasteiger partial charge is 0.383 e. The molecule has 0 aliphatic carbocycles. The second kappa shape index (κ2) is 4.32. The number of fused-ring (bicyclic) bond motifs is 1. The summed E-state index contributed by atoms with van der Waals surface area (Å²) < 4.78 is 6.00. The van der Waals surface area contributed by atoms with Gasteiger partial charge in [0.1, 0.15) is 0 Å². The second-order valence-corrected chi connectivity index (χ2v) is 3.43. The minimum Gasteiger partial charge on any atom is -0.383 e. The van der Waals surface area contributed by atoms with Gasteiger partial charge in [0.05, 0.1) is 24.1 Å². The van der Waals surface area contributed by atoms with Gasteiger partial charge in [-0.15, -0.1) is 0 Å². The maximum atomic E-state index is 11.9. The fourth-order valence-corrected chi connectivity index (χ4v) is 1.58. The van der Waals surface area contributed by atoms with Crippen molar-refractivity contribution in [3.05, 3.63) is 45.1 Å². The maximum absolute atomic E-state index is 11.9. The number of aromatic nitrogens is 2. The minimum atomic E-state index is -0.402.